The number of halogens is 1. The first-order chi connectivity index (χ1) is 10.6. The summed E-state index contributed by atoms with van der Waals surface area (Å²) >= 11 is 0. The lowest BCUT2D eigenvalue weighted by molar-refractivity contribution is -0.122. The van der Waals surface area contributed by atoms with Gasteiger partial charge in [-0.2, -0.15) is 5.10 Å². The van der Waals surface area contributed by atoms with Crippen LogP contribution in [-0.4, -0.2) is 35.3 Å². The predicted molar refractivity (Wildman–Crippen MR) is 92.7 cm³/mol. The molecule has 0 saturated heterocycles. The summed E-state index contributed by atoms with van der Waals surface area (Å²) in [4.78, 5) is 23.7. The maximum absolute atomic E-state index is 11.9. The Morgan fingerprint density at radius 1 is 1.22 bits per heavy atom. The van der Waals surface area contributed by atoms with Crippen molar-refractivity contribution < 1.29 is 4.79 Å². The fourth-order valence-electron chi connectivity index (χ4n) is 1.89. The number of nitrogens with one attached hydrogen (secondary N) is 2. The van der Waals surface area contributed by atoms with E-state index in [1.807, 2.05) is 44.3 Å². The molecule has 0 bridgehead atoms. The molecule has 2 N–H and O–H groups in total. The Hall–Kier alpha value is -2.18. The number of hydrogen-bond acceptors (Lipinski definition) is 4. The molecule has 7 heteroatoms. The molecule has 0 aliphatic heterocycles. The van der Waals surface area contributed by atoms with E-state index in [0.717, 1.165) is 5.56 Å². The van der Waals surface area contributed by atoms with Crippen LogP contribution in [0.3, 0.4) is 0 Å². The van der Waals surface area contributed by atoms with Crippen LogP contribution < -0.4 is 16.2 Å². The van der Waals surface area contributed by atoms with Gasteiger partial charge in [-0.05, 0) is 20.0 Å². The van der Waals surface area contributed by atoms with E-state index < -0.39 is 0 Å². The Kier molecular flexibility index (Phi) is 7.44. The van der Waals surface area contributed by atoms with Gasteiger partial charge in [0.2, 0.25) is 5.91 Å². The van der Waals surface area contributed by atoms with Crippen molar-refractivity contribution in [2.75, 3.05) is 13.6 Å². The highest BCUT2D eigenvalue weighted by Gasteiger charge is 2.08. The third-order valence-corrected chi connectivity index (χ3v) is 3.33. The highest BCUT2D eigenvalue weighted by Crippen LogP contribution is 2.13. The second kappa shape index (κ2) is 9.07. The minimum atomic E-state index is -0.295. The number of amides is 1. The van der Waals surface area contributed by atoms with Crippen LogP contribution in [0.15, 0.2) is 47.3 Å². The third-order valence-electron chi connectivity index (χ3n) is 3.33. The van der Waals surface area contributed by atoms with E-state index in [9.17, 15) is 9.59 Å². The molecule has 124 valence electrons. The summed E-state index contributed by atoms with van der Waals surface area (Å²) in [6.45, 7) is 2.37. The summed E-state index contributed by atoms with van der Waals surface area (Å²) in [7, 11) is 1.83. The Morgan fingerprint density at radius 3 is 2.57 bits per heavy atom. The lowest BCUT2D eigenvalue weighted by atomic mass is 10.1. The Bertz CT molecular complexity index is 688. The van der Waals surface area contributed by atoms with E-state index in [0.29, 0.717) is 12.2 Å². The minimum absolute atomic E-state index is 0. The first-order valence-electron chi connectivity index (χ1n) is 7.17. The van der Waals surface area contributed by atoms with Crippen LogP contribution in [0.1, 0.15) is 6.92 Å². The zero-order valence-corrected chi connectivity index (χ0v) is 14.0. The molecule has 0 spiro atoms. The van der Waals surface area contributed by atoms with Crippen molar-refractivity contribution in [2.45, 2.75) is 19.5 Å². The van der Waals surface area contributed by atoms with Gasteiger partial charge in [-0.25, -0.2) is 4.68 Å². The van der Waals surface area contributed by atoms with Crippen LogP contribution in [0.5, 0.6) is 0 Å². The fraction of sp³-hybridized carbons (Fsp3) is 0.312. The van der Waals surface area contributed by atoms with Crippen LogP contribution >= 0.6 is 12.4 Å². The molecule has 2 aromatic rings. The van der Waals surface area contributed by atoms with E-state index >= 15 is 0 Å². The van der Waals surface area contributed by atoms with Crippen LogP contribution in [0, 0.1) is 0 Å². The quantitative estimate of drug-likeness (QED) is 0.827. The lowest BCUT2D eigenvalue weighted by Gasteiger charge is -2.12. The summed E-state index contributed by atoms with van der Waals surface area (Å²) < 4.78 is 1.18. The molecule has 1 unspecified atom stereocenters. The molecule has 1 aromatic heterocycles. The summed E-state index contributed by atoms with van der Waals surface area (Å²) in [6.07, 6.45) is 0. The van der Waals surface area contributed by atoms with Crippen molar-refractivity contribution in [2.24, 2.45) is 0 Å². The molecule has 0 aliphatic rings. The topological polar surface area (TPSA) is 76.0 Å². The highest BCUT2D eigenvalue weighted by atomic mass is 35.5. The van der Waals surface area contributed by atoms with Gasteiger partial charge in [-0.3, -0.25) is 9.59 Å². The molecule has 1 heterocycles. The third kappa shape index (κ3) is 5.50. The number of aromatic nitrogens is 2. The number of rotatable bonds is 6. The van der Waals surface area contributed by atoms with Gasteiger partial charge in [0.1, 0.15) is 6.54 Å². The fourth-order valence-corrected chi connectivity index (χ4v) is 1.89. The molecule has 1 amide bonds. The number of hydrogen-bond donors (Lipinski definition) is 2. The van der Waals surface area contributed by atoms with E-state index in [2.05, 4.69) is 15.7 Å². The molecule has 2 rings (SSSR count). The highest BCUT2D eigenvalue weighted by molar-refractivity contribution is 5.85. The van der Waals surface area contributed by atoms with Crippen molar-refractivity contribution in [3.8, 4) is 11.3 Å². The number of carbonyl (C=O) groups excluding carboxylic acids is 1. The Labute approximate surface area is 141 Å². The molecule has 0 saturated carbocycles. The molecular formula is C16H21ClN4O2. The van der Waals surface area contributed by atoms with E-state index in [-0.39, 0.29) is 36.5 Å². The number of benzene rings is 1. The normalized spacial score (nSPS) is 11.4. The second-order valence-electron chi connectivity index (χ2n) is 5.07. The summed E-state index contributed by atoms with van der Waals surface area (Å²) in [5.74, 6) is -0.234. The van der Waals surface area contributed by atoms with Crippen LogP contribution in [0.2, 0.25) is 0 Å². The molecular weight excluding hydrogens is 316 g/mol. The van der Waals surface area contributed by atoms with Crippen LogP contribution in [0.4, 0.5) is 0 Å². The largest absolute Gasteiger partial charge is 0.353 e. The van der Waals surface area contributed by atoms with E-state index in [1.54, 1.807) is 6.07 Å². The van der Waals surface area contributed by atoms with Crippen molar-refractivity contribution in [3.05, 3.63) is 52.8 Å². The number of likely N-dealkylation sites (N-methyl/N-ethyl adjacent to an activating group) is 1. The molecule has 0 aliphatic carbocycles. The molecule has 1 aromatic carbocycles. The molecule has 6 nitrogen and oxygen atoms in total. The number of nitrogens with zero attached hydrogens (tertiary/aromatic N) is 2. The lowest BCUT2D eigenvalue weighted by Crippen LogP contribution is -2.40. The van der Waals surface area contributed by atoms with Gasteiger partial charge in [0.25, 0.3) is 5.56 Å². The maximum atomic E-state index is 11.9. The van der Waals surface area contributed by atoms with Crippen molar-refractivity contribution in [3.63, 3.8) is 0 Å². The minimum Gasteiger partial charge on any atom is -0.353 e. The van der Waals surface area contributed by atoms with Crippen molar-refractivity contribution in [1.29, 1.82) is 0 Å². The molecule has 1 atom stereocenters. The molecule has 0 fully saturated rings. The number of carbonyl (C=O) groups is 1. The Balaban J connectivity index is 0.00000264. The second-order valence-corrected chi connectivity index (χ2v) is 5.07. The van der Waals surface area contributed by atoms with Gasteiger partial charge >= 0.3 is 0 Å². The summed E-state index contributed by atoms with van der Waals surface area (Å²) in [5, 5.41) is 10.1. The van der Waals surface area contributed by atoms with Gasteiger partial charge in [0.15, 0.2) is 0 Å². The standard InChI is InChI=1S/C16H20N4O2.ClH/c1-12(17-2)10-18-15(21)11-20-16(22)9-8-14(19-20)13-6-4-3-5-7-13;/h3-9,12,17H,10-11H2,1-2H3,(H,18,21);1H. The summed E-state index contributed by atoms with van der Waals surface area (Å²) in [5.41, 5.74) is 1.27. The van der Waals surface area contributed by atoms with Gasteiger partial charge in [-0.1, -0.05) is 30.3 Å². The maximum Gasteiger partial charge on any atom is 0.267 e. The van der Waals surface area contributed by atoms with Gasteiger partial charge in [0.05, 0.1) is 5.69 Å². The van der Waals surface area contributed by atoms with Crippen LogP contribution in [-0.2, 0) is 11.3 Å². The van der Waals surface area contributed by atoms with Crippen molar-refractivity contribution >= 4 is 18.3 Å². The van der Waals surface area contributed by atoms with Gasteiger partial charge in [-0.15, -0.1) is 12.4 Å². The van der Waals surface area contributed by atoms with E-state index in [4.69, 9.17) is 0 Å². The van der Waals surface area contributed by atoms with Gasteiger partial charge in [0, 0.05) is 24.2 Å². The zero-order valence-electron chi connectivity index (χ0n) is 13.2. The average molecular weight is 337 g/mol. The zero-order chi connectivity index (χ0) is 15.9. The first-order valence-corrected chi connectivity index (χ1v) is 7.17. The predicted octanol–water partition coefficient (Wildman–Crippen LogP) is 1.06. The Morgan fingerprint density at radius 2 is 1.91 bits per heavy atom. The first kappa shape index (κ1) is 18.9. The SMILES string of the molecule is CNC(C)CNC(=O)Cn1nc(-c2ccccc2)ccc1=O.Cl. The molecule has 0 radical (unpaired) electrons. The average Bonchev–Trinajstić information content (AvgIpc) is 2.55. The smallest absolute Gasteiger partial charge is 0.267 e. The monoisotopic (exact) mass is 336 g/mol. The van der Waals surface area contributed by atoms with Crippen molar-refractivity contribution in [1.82, 2.24) is 20.4 Å². The van der Waals surface area contributed by atoms with Crippen LogP contribution in [0.25, 0.3) is 11.3 Å². The van der Waals surface area contributed by atoms with E-state index in [1.165, 1.54) is 10.7 Å². The summed E-state index contributed by atoms with van der Waals surface area (Å²) in [6, 6.07) is 12.8. The van der Waals surface area contributed by atoms with Gasteiger partial charge < -0.3 is 10.6 Å². The molecule has 23 heavy (non-hydrogen) atoms.